The van der Waals surface area contributed by atoms with Crippen molar-refractivity contribution in [3.8, 4) is 0 Å². The van der Waals surface area contributed by atoms with Crippen LogP contribution >= 0.6 is 0 Å². The molecule has 0 amide bonds. The van der Waals surface area contributed by atoms with Gasteiger partial charge in [-0.1, -0.05) is 146 Å². The second-order valence-electron chi connectivity index (χ2n) is 8.00. The minimum Gasteiger partial charge on any atom is -0.0544 e. The average molecular weight is 409 g/mol. The summed E-state index contributed by atoms with van der Waals surface area (Å²) in [6, 6.07) is 34.5. The van der Waals surface area contributed by atoms with E-state index in [4.69, 9.17) is 0 Å². The predicted octanol–water partition coefficient (Wildman–Crippen LogP) is 8.68. The Morgan fingerprint density at radius 2 is 0.250 bits per heavy atom. The van der Waals surface area contributed by atoms with E-state index in [1.54, 1.807) is 0 Å². The van der Waals surface area contributed by atoms with Crippen molar-refractivity contribution in [2.24, 2.45) is 0 Å². The molecule has 0 spiro atoms. The molecule has 11 rings (SSSR count). The Morgan fingerprint density at radius 3 is 0.344 bits per heavy atom. The molecule has 0 fully saturated rings. The highest BCUT2D eigenvalue weighted by atomic mass is 14.0. The fourth-order valence-electron chi connectivity index (χ4n) is 3.64. The molecule has 7 aliphatic carbocycles. The standard InChI is InChI=1S/C32H24/c1-2-26-4-3-25(1)17-18-27-5-7-29(8-6-27)21-22-31-13-15-32(16-14-31)24-23-30-11-9-28(10-12-30)20-19-26/h1-24H/b18-17-,20-19+,22-21+,24-23-,25-17?,26-19?,27-18?,28-20?,29-21?,30-23?,31-22?,32-24?. The van der Waals surface area contributed by atoms with Crippen LogP contribution in [0.5, 0.6) is 0 Å². The lowest BCUT2D eigenvalue weighted by Crippen LogP contribution is -1.79. The van der Waals surface area contributed by atoms with E-state index >= 15 is 0 Å². The maximum absolute atomic E-state index is 2.16. The van der Waals surface area contributed by atoms with Crippen molar-refractivity contribution in [2.45, 2.75) is 0 Å². The fourth-order valence-corrected chi connectivity index (χ4v) is 3.64. The maximum atomic E-state index is 2.16. The van der Waals surface area contributed by atoms with Crippen molar-refractivity contribution in [1.82, 2.24) is 0 Å². The summed E-state index contributed by atoms with van der Waals surface area (Å²) in [7, 11) is 0. The Bertz CT molecular complexity index is 979. The van der Waals surface area contributed by atoms with Crippen molar-refractivity contribution >= 4 is 48.6 Å². The molecule has 0 saturated carbocycles. The van der Waals surface area contributed by atoms with E-state index < -0.39 is 0 Å². The van der Waals surface area contributed by atoms with Gasteiger partial charge in [-0.05, 0) is 44.5 Å². The monoisotopic (exact) mass is 408 g/mol. The van der Waals surface area contributed by atoms with Gasteiger partial charge in [0.05, 0.1) is 0 Å². The molecule has 0 nitrogen and oxygen atoms in total. The summed E-state index contributed by atoms with van der Waals surface area (Å²) in [6.07, 6.45) is 17.3. The van der Waals surface area contributed by atoms with Gasteiger partial charge in [0.25, 0.3) is 0 Å². The molecule has 0 unspecified atom stereocenters. The van der Waals surface area contributed by atoms with Gasteiger partial charge in [-0.3, -0.25) is 0 Å². The molecule has 152 valence electrons. The van der Waals surface area contributed by atoms with Crippen LogP contribution in [0.3, 0.4) is 0 Å². The van der Waals surface area contributed by atoms with Crippen LogP contribution in [0, 0.1) is 0 Å². The van der Waals surface area contributed by atoms with Gasteiger partial charge in [0.2, 0.25) is 0 Å². The molecule has 0 saturated heterocycles. The summed E-state index contributed by atoms with van der Waals surface area (Å²) in [4.78, 5) is 0. The number of benzene rings is 4. The number of hydrogen-bond donors (Lipinski definition) is 0. The third kappa shape index (κ3) is 5.11. The molecule has 4 aromatic rings. The molecule has 4 aromatic carbocycles. The van der Waals surface area contributed by atoms with Crippen LogP contribution < -0.4 is 0 Å². The largest absolute Gasteiger partial charge is 0.0544 e. The SMILES string of the molecule is C1=C\c2ccc(cc2)/C=C/c2ccc(cc2)/C=C\c2ccc(cc2)/C=C/c2ccc/1cc2. The third-order valence-electron chi connectivity index (χ3n) is 5.62. The van der Waals surface area contributed by atoms with Gasteiger partial charge in [-0.15, -0.1) is 0 Å². The van der Waals surface area contributed by atoms with Gasteiger partial charge in [0, 0.05) is 0 Å². The first kappa shape index (κ1) is 19.8. The van der Waals surface area contributed by atoms with Crippen LogP contribution in [0.1, 0.15) is 44.5 Å². The maximum Gasteiger partial charge on any atom is -0.0256 e. The van der Waals surface area contributed by atoms with Crippen LogP contribution in [0.2, 0.25) is 0 Å². The number of rotatable bonds is 0. The molecule has 0 heteroatoms. The second-order valence-corrected chi connectivity index (χ2v) is 8.00. The third-order valence-corrected chi connectivity index (χ3v) is 5.62. The zero-order valence-corrected chi connectivity index (χ0v) is 17.9. The summed E-state index contributed by atoms with van der Waals surface area (Å²) < 4.78 is 0. The molecular weight excluding hydrogens is 384 g/mol. The van der Waals surface area contributed by atoms with Crippen LogP contribution in [-0.4, -0.2) is 0 Å². The van der Waals surface area contributed by atoms with Crippen molar-refractivity contribution in [2.75, 3.05) is 0 Å². The Hall–Kier alpha value is -4.16. The van der Waals surface area contributed by atoms with E-state index in [1.165, 1.54) is 44.5 Å². The minimum atomic E-state index is 1.19. The molecule has 0 aromatic heterocycles. The molecule has 0 atom stereocenters. The zero-order valence-electron chi connectivity index (χ0n) is 17.9. The van der Waals surface area contributed by atoms with Gasteiger partial charge in [-0.25, -0.2) is 0 Å². The van der Waals surface area contributed by atoms with Crippen LogP contribution in [0.15, 0.2) is 97.1 Å². The highest BCUT2D eigenvalue weighted by Gasteiger charge is 1.95. The van der Waals surface area contributed by atoms with Gasteiger partial charge < -0.3 is 0 Å². The van der Waals surface area contributed by atoms with Crippen LogP contribution in [0.4, 0.5) is 0 Å². The molecule has 32 heavy (non-hydrogen) atoms. The molecular formula is C32H24. The Labute approximate surface area is 190 Å². The fraction of sp³-hybridized carbons (Fsp3) is 0. The summed E-state index contributed by atoms with van der Waals surface area (Å²) in [5.74, 6) is 0. The summed E-state index contributed by atoms with van der Waals surface area (Å²) in [5, 5.41) is 0. The lowest BCUT2D eigenvalue weighted by molar-refractivity contribution is 1.59. The molecule has 0 N–H and O–H groups in total. The van der Waals surface area contributed by atoms with Crippen LogP contribution in [-0.2, 0) is 0 Å². The smallest absolute Gasteiger partial charge is 0.0256 e. The highest BCUT2D eigenvalue weighted by Crippen LogP contribution is 2.17. The summed E-state index contributed by atoms with van der Waals surface area (Å²) in [6.45, 7) is 0. The van der Waals surface area contributed by atoms with Crippen molar-refractivity contribution < 1.29 is 0 Å². The minimum absolute atomic E-state index is 1.19. The molecule has 8 bridgehead atoms. The van der Waals surface area contributed by atoms with E-state index in [1.807, 2.05) is 0 Å². The normalized spacial score (nSPS) is 16.5. The van der Waals surface area contributed by atoms with E-state index in [2.05, 4.69) is 146 Å². The highest BCUT2D eigenvalue weighted by molar-refractivity contribution is 5.76. The summed E-state index contributed by atoms with van der Waals surface area (Å²) >= 11 is 0. The van der Waals surface area contributed by atoms with Crippen molar-refractivity contribution in [3.63, 3.8) is 0 Å². The quantitative estimate of drug-likeness (QED) is 0.240. The first-order valence-electron chi connectivity index (χ1n) is 10.9. The Morgan fingerprint density at radius 1 is 0.156 bits per heavy atom. The van der Waals surface area contributed by atoms with Crippen molar-refractivity contribution in [1.29, 1.82) is 0 Å². The predicted molar refractivity (Wildman–Crippen MR) is 141 cm³/mol. The van der Waals surface area contributed by atoms with Crippen molar-refractivity contribution in [3.05, 3.63) is 142 Å². The lowest BCUT2D eigenvalue weighted by Gasteiger charge is -2.00. The average Bonchev–Trinajstić information content (AvgIpc) is 2.86. The first-order valence-corrected chi connectivity index (χ1v) is 10.9. The molecule has 0 heterocycles. The molecule has 7 aliphatic rings. The van der Waals surface area contributed by atoms with Gasteiger partial charge >= 0.3 is 0 Å². The summed E-state index contributed by atoms with van der Waals surface area (Å²) in [5.41, 5.74) is 9.56. The van der Waals surface area contributed by atoms with E-state index in [0.717, 1.165) is 0 Å². The second kappa shape index (κ2) is 9.32. The molecule has 0 radical (unpaired) electrons. The molecule has 0 aliphatic heterocycles. The topological polar surface area (TPSA) is 0 Å². The van der Waals surface area contributed by atoms with E-state index in [9.17, 15) is 0 Å². The first-order chi connectivity index (χ1) is 15.8. The van der Waals surface area contributed by atoms with Gasteiger partial charge in [0.15, 0.2) is 0 Å². The Balaban J connectivity index is 1.49. The Kier molecular flexibility index (Phi) is 5.76. The number of hydrogen-bond acceptors (Lipinski definition) is 0. The van der Waals surface area contributed by atoms with Crippen LogP contribution in [0.25, 0.3) is 48.6 Å². The lowest BCUT2D eigenvalue weighted by atomic mass is 10.1. The van der Waals surface area contributed by atoms with E-state index in [0.29, 0.717) is 0 Å². The van der Waals surface area contributed by atoms with Gasteiger partial charge in [-0.2, -0.15) is 0 Å². The zero-order chi connectivity index (χ0) is 21.6. The van der Waals surface area contributed by atoms with Gasteiger partial charge in [0.1, 0.15) is 0 Å². The van der Waals surface area contributed by atoms with E-state index in [-0.39, 0.29) is 0 Å².